The van der Waals surface area contributed by atoms with Crippen molar-refractivity contribution in [3.8, 4) is 0 Å². The molecule has 26 heavy (non-hydrogen) atoms. The van der Waals surface area contributed by atoms with E-state index >= 15 is 0 Å². The number of nitrogens with two attached hydrogens (primary N) is 1. The molecule has 7 heteroatoms. The van der Waals surface area contributed by atoms with Gasteiger partial charge in [-0.05, 0) is 56.1 Å². The summed E-state index contributed by atoms with van der Waals surface area (Å²) in [6.07, 6.45) is 5.78. The van der Waals surface area contributed by atoms with E-state index in [0.717, 1.165) is 25.7 Å². The summed E-state index contributed by atoms with van der Waals surface area (Å²) in [7, 11) is -3.44. The Morgan fingerprint density at radius 3 is 2.42 bits per heavy atom. The molecule has 1 aromatic rings. The van der Waals surface area contributed by atoms with Crippen LogP contribution in [0.4, 0.5) is 0 Å². The third-order valence-corrected chi connectivity index (χ3v) is 7.59. The summed E-state index contributed by atoms with van der Waals surface area (Å²) in [4.78, 5) is 13.0. The predicted octanol–water partition coefficient (Wildman–Crippen LogP) is 2.93. The van der Waals surface area contributed by atoms with Crippen LogP contribution in [0.15, 0.2) is 29.2 Å². The molecule has 2 aliphatic rings. The molecular weight excluding hydrogens is 372 g/mol. The molecule has 3 rings (SSSR count). The Kier molecular flexibility index (Phi) is 7.11. The zero-order valence-corrected chi connectivity index (χ0v) is 16.8. The summed E-state index contributed by atoms with van der Waals surface area (Å²) >= 11 is 0. The zero-order chi connectivity index (χ0) is 18.0. The van der Waals surface area contributed by atoms with Gasteiger partial charge in [-0.2, -0.15) is 0 Å². The van der Waals surface area contributed by atoms with Crippen molar-refractivity contribution in [3.05, 3.63) is 29.8 Å². The fourth-order valence-electron chi connectivity index (χ4n) is 4.56. The van der Waals surface area contributed by atoms with Gasteiger partial charge < -0.3 is 11.1 Å². The Balaban J connectivity index is 0.00000243. The second-order valence-corrected chi connectivity index (χ2v) is 9.57. The van der Waals surface area contributed by atoms with Gasteiger partial charge in [-0.3, -0.25) is 4.79 Å². The quantitative estimate of drug-likeness (QED) is 0.795. The highest BCUT2D eigenvalue weighted by Crippen LogP contribution is 2.39. The van der Waals surface area contributed by atoms with Crippen molar-refractivity contribution in [2.45, 2.75) is 62.4 Å². The van der Waals surface area contributed by atoms with Gasteiger partial charge in [0.15, 0.2) is 9.84 Å². The number of amides is 1. The summed E-state index contributed by atoms with van der Waals surface area (Å²) in [5.74, 6) is 0.602. The average molecular weight is 401 g/mol. The number of carbonyl (C=O) groups excluding carboxylic acids is 1. The molecular formula is C19H29ClN2O3S. The number of benzene rings is 1. The molecule has 2 aliphatic carbocycles. The minimum absolute atomic E-state index is 0. The van der Waals surface area contributed by atoms with Crippen molar-refractivity contribution in [1.82, 2.24) is 5.32 Å². The van der Waals surface area contributed by atoms with Gasteiger partial charge in [-0.1, -0.05) is 25.5 Å². The van der Waals surface area contributed by atoms with Gasteiger partial charge in [0, 0.05) is 12.1 Å². The lowest BCUT2D eigenvalue weighted by molar-refractivity contribution is 0.0753. The molecule has 2 saturated carbocycles. The number of hydrogen-bond acceptors (Lipinski definition) is 4. The Bertz CT molecular complexity index is 724. The Morgan fingerprint density at radius 2 is 1.81 bits per heavy atom. The van der Waals surface area contributed by atoms with Crippen LogP contribution in [0.3, 0.4) is 0 Å². The topological polar surface area (TPSA) is 89.3 Å². The van der Waals surface area contributed by atoms with Crippen molar-refractivity contribution < 1.29 is 13.2 Å². The molecule has 2 atom stereocenters. The van der Waals surface area contributed by atoms with Crippen LogP contribution < -0.4 is 11.1 Å². The zero-order valence-electron chi connectivity index (χ0n) is 15.2. The maximum Gasteiger partial charge on any atom is 0.252 e. The van der Waals surface area contributed by atoms with E-state index < -0.39 is 9.84 Å². The molecule has 0 aromatic heterocycles. The minimum atomic E-state index is -3.44. The normalized spacial score (nSPS) is 28.1. The van der Waals surface area contributed by atoms with Crippen molar-refractivity contribution in [2.75, 3.05) is 5.75 Å². The largest absolute Gasteiger partial charge is 0.349 e. The summed E-state index contributed by atoms with van der Waals surface area (Å²) in [6.45, 7) is 1.83. The monoisotopic (exact) mass is 400 g/mol. The molecule has 0 heterocycles. The summed E-state index contributed by atoms with van der Waals surface area (Å²) in [5.41, 5.74) is 6.42. The second kappa shape index (κ2) is 8.72. The first-order valence-corrected chi connectivity index (χ1v) is 11.0. The maximum absolute atomic E-state index is 12.9. The fourth-order valence-corrected chi connectivity index (χ4v) is 6.10. The molecule has 3 N–H and O–H groups in total. The van der Waals surface area contributed by atoms with Crippen LogP contribution in [0, 0.1) is 11.8 Å². The molecule has 1 amide bonds. The summed E-state index contributed by atoms with van der Waals surface area (Å²) in [6, 6.07) is 6.88. The lowest BCUT2D eigenvalue weighted by Gasteiger charge is -2.45. The number of hydrogen-bond donors (Lipinski definition) is 2. The van der Waals surface area contributed by atoms with Crippen LogP contribution in [-0.2, 0) is 9.84 Å². The highest BCUT2D eigenvalue weighted by Gasteiger charge is 2.40. The van der Waals surface area contributed by atoms with Gasteiger partial charge in [-0.25, -0.2) is 8.42 Å². The average Bonchev–Trinajstić information content (AvgIpc) is 2.55. The van der Waals surface area contributed by atoms with Crippen LogP contribution in [0.2, 0.25) is 0 Å². The van der Waals surface area contributed by atoms with Crippen molar-refractivity contribution >= 4 is 28.2 Å². The number of sulfone groups is 1. The van der Waals surface area contributed by atoms with E-state index in [1.165, 1.54) is 12.5 Å². The smallest absolute Gasteiger partial charge is 0.252 e. The van der Waals surface area contributed by atoms with Gasteiger partial charge in [0.05, 0.1) is 16.2 Å². The Morgan fingerprint density at radius 1 is 1.19 bits per heavy atom. The second-order valence-electron chi connectivity index (χ2n) is 7.50. The Hall–Kier alpha value is -1.11. The van der Waals surface area contributed by atoms with Crippen LogP contribution >= 0.6 is 12.4 Å². The van der Waals surface area contributed by atoms with Crippen molar-refractivity contribution in [1.29, 1.82) is 0 Å². The molecule has 2 unspecified atom stereocenters. The molecule has 0 spiro atoms. The molecule has 146 valence electrons. The number of halogens is 1. The van der Waals surface area contributed by atoms with E-state index in [1.54, 1.807) is 18.2 Å². The van der Waals surface area contributed by atoms with Crippen LogP contribution in [0.5, 0.6) is 0 Å². The number of carbonyl (C=O) groups is 1. The summed E-state index contributed by atoms with van der Waals surface area (Å²) < 4.78 is 25.0. The first-order valence-electron chi connectivity index (χ1n) is 9.30. The lowest BCUT2D eigenvalue weighted by atomic mass is 9.67. The van der Waals surface area contributed by atoms with Crippen molar-refractivity contribution in [3.63, 3.8) is 0 Å². The molecule has 0 radical (unpaired) electrons. The van der Waals surface area contributed by atoms with Crippen molar-refractivity contribution in [2.24, 2.45) is 17.6 Å². The highest BCUT2D eigenvalue weighted by atomic mass is 35.5. The van der Waals surface area contributed by atoms with Crippen LogP contribution in [0.25, 0.3) is 0 Å². The first-order chi connectivity index (χ1) is 11.9. The third kappa shape index (κ3) is 4.41. The number of nitrogens with one attached hydrogen (secondary N) is 1. The van der Waals surface area contributed by atoms with Gasteiger partial charge in [0.2, 0.25) is 0 Å². The lowest BCUT2D eigenvalue weighted by Crippen LogP contribution is -2.53. The third-order valence-electron chi connectivity index (χ3n) is 5.61. The van der Waals surface area contributed by atoms with Crippen LogP contribution in [0.1, 0.15) is 55.8 Å². The molecule has 2 fully saturated rings. The van der Waals surface area contributed by atoms with E-state index in [1.807, 2.05) is 6.92 Å². The van der Waals surface area contributed by atoms with Gasteiger partial charge in [0.25, 0.3) is 5.91 Å². The molecule has 5 nitrogen and oxygen atoms in total. The highest BCUT2D eigenvalue weighted by molar-refractivity contribution is 7.91. The fraction of sp³-hybridized carbons (Fsp3) is 0.632. The van der Waals surface area contributed by atoms with Gasteiger partial charge in [-0.15, -0.1) is 12.4 Å². The molecule has 1 aromatic carbocycles. The van der Waals surface area contributed by atoms with E-state index in [-0.39, 0.29) is 46.6 Å². The summed E-state index contributed by atoms with van der Waals surface area (Å²) in [5, 5.41) is 3.15. The maximum atomic E-state index is 12.9. The van der Waals surface area contributed by atoms with E-state index in [2.05, 4.69) is 5.32 Å². The van der Waals surface area contributed by atoms with Gasteiger partial charge in [0.1, 0.15) is 0 Å². The standard InChI is InChI=1S/C19H28N2O3S.ClH/c1-2-10-25(23,24)17-9-4-3-8-16(17)19(22)21-18-13-6-5-7-14(18)12-15(20)11-13;/h3-4,8-9,13-15,18H,2,5-7,10-12,20H2,1H3,(H,21,22);1H. The van der Waals surface area contributed by atoms with Crippen LogP contribution in [-0.4, -0.2) is 32.2 Å². The minimum Gasteiger partial charge on any atom is -0.349 e. The van der Waals surface area contributed by atoms with E-state index in [9.17, 15) is 13.2 Å². The first kappa shape index (κ1) is 21.2. The molecule has 0 saturated heterocycles. The predicted molar refractivity (Wildman–Crippen MR) is 105 cm³/mol. The van der Waals surface area contributed by atoms with E-state index in [4.69, 9.17) is 5.73 Å². The Labute approximate surface area is 162 Å². The molecule has 2 bridgehead atoms. The SMILES string of the molecule is CCCS(=O)(=O)c1ccccc1C(=O)NC1C2CCCC1CC(N)C2.Cl. The molecule has 0 aliphatic heterocycles. The number of fused-ring (bicyclic) bond motifs is 2. The number of rotatable bonds is 5. The van der Waals surface area contributed by atoms with E-state index in [0.29, 0.717) is 18.3 Å². The van der Waals surface area contributed by atoms with Gasteiger partial charge >= 0.3 is 0 Å².